The van der Waals surface area contributed by atoms with Crippen molar-refractivity contribution in [3.8, 4) is 0 Å². The van der Waals surface area contributed by atoms with Crippen LogP contribution in [0.5, 0.6) is 0 Å². The molecule has 4 rings (SSSR count). The Morgan fingerprint density at radius 3 is 2.24 bits per heavy atom. The molecule has 1 nitrogen and oxygen atoms in total. The Morgan fingerprint density at radius 1 is 0.840 bits per heavy atom. The van der Waals surface area contributed by atoms with Crippen LogP contribution in [0.25, 0.3) is 32.7 Å². The van der Waals surface area contributed by atoms with Crippen LogP contribution in [0.1, 0.15) is 57.2 Å². The predicted molar refractivity (Wildman–Crippen MR) is 109 cm³/mol. The van der Waals surface area contributed by atoms with Crippen LogP contribution in [0, 0.1) is 6.92 Å². The summed E-state index contributed by atoms with van der Waals surface area (Å²) in [4.78, 5) is 0. The Balaban J connectivity index is 2.21. The molecule has 1 heteroatoms. The second kappa shape index (κ2) is 5.36. The third-order valence-electron chi connectivity index (χ3n) is 5.29. The van der Waals surface area contributed by atoms with E-state index in [2.05, 4.69) is 84.0 Å². The lowest BCUT2D eigenvalue weighted by atomic mass is 9.77. The van der Waals surface area contributed by atoms with Gasteiger partial charge in [0.2, 0.25) is 0 Å². The zero-order valence-corrected chi connectivity index (χ0v) is 16.0. The molecule has 3 aromatic carbocycles. The maximum Gasteiger partial charge on any atom is 0.143 e. The average molecular weight is 330 g/mol. The lowest BCUT2D eigenvalue weighted by molar-refractivity contribution is 0.570. The van der Waals surface area contributed by atoms with Gasteiger partial charge in [-0.05, 0) is 52.5 Å². The molecule has 1 aromatic heterocycles. The van der Waals surface area contributed by atoms with E-state index in [0.29, 0.717) is 5.92 Å². The number of aryl methyl sites for hydroxylation is 1. The van der Waals surface area contributed by atoms with Crippen molar-refractivity contribution in [2.75, 3.05) is 0 Å². The van der Waals surface area contributed by atoms with Crippen molar-refractivity contribution >= 4 is 32.7 Å². The first-order valence-corrected chi connectivity index (χ1v) is 9.17. The van der Waals surface area contributed by atoms with Crippen LogP contribution in [0.3, 0.4) is 0 Å². The first-order chi connectivity index (χ1) is 11.8. The molecule has 0 fully saturated rings. The topological polar surface area (TPSA) is 13.1 Å². The predicted octanol–water partition coefficient (Wildman–Crippen LogP) is 7.47. The molecule has 0 aliphatic rings. The lowest BCUT2D eigenvalue weighted by Crippen LogP contribution is -2.17. The molecule has 0 aliphatic heterocycles. The van der Waals surface area contributed by atoms with Gasteiger partial charge in [-0.2, -0.15) is 0 Å². The highest BCUT2D eigenvalue weighted by Gasteiger charge is 2.25. The van der Waals surface area contributed by atoms with Crippen molar-refractivity contribution < 1.29 is 4.42 Å². The zero-order valence-electron chi connectivity index (χ0n) is 16.0. The highest BCUT2D eigenvalue weighted by atomic mass is 16.3. The summed E-state index contributed by atoms with van der Waals surface area (Å²) in [6.07, 6.45) is 0. The molecule has 0 amide bonds. The molecule has 4 aromatic rings. The largest absolute Gasteiger partial charge is 0.455 e. The fraction of sp³-hybridized carbons (Fsp3) is 0.333. The van der Waals surface area contributed by atoms with Crippen LogP contribution in [-0.2, 0) is 5.41 Å². The van der Waals surface area contributed by atoms with Gasteiger partial charge < -0.3 is 4.42 Å². The van der Waals surface area contributed by atoms with Crippen LogP contribution in [0.15, 0.2) is 46.9 Å². The molecule has 1 heterocycles. The third-order valence-corrected chi connectivity index (χ3v) is 5.29. The minimum absolute atomic E-state index is 0.0961. The van der Waals surface area contributed by atoms with Crippen molar-refractivity contribution in [2.45, 2.75) is 52.9 Å². The van der Waals surface area contributed by atoms with Gasteiger partial charge in [0.1, 0.15) is 11.2 Å². The molecule has 0 radical (unpaired) electrons. The minimum atomic E-state index is 0.0961. The van der Waals surface area contributed by atoms with E-state index in [1.54, 1.807) is 0 Å². The SMILES string of the molecule is Cc1c(C(C)(C)C)c(C(C)C)cc2c1oc1c3ccccc3ccc21. The highest BCUT2D eigenvalue weighted by Crippen LogP contribution is 2.42. The third kappa shape index (κ3) is 2.37. The maximum absolute atomic E-state index is 6.47. The standard InChI is InChI=1S/C24H26O/c1-14(2)19-13-20-18-12-11-16-9-7-8-10-17(16)23(18)25-22(20)15(3)21(19)24(4,5)6/h7-14H,1-6H3. The smallest absolute Gasteiger partial charge is 0.143 e. The van der Waals surface area contributed by atoms with Crippen LogP contribution >= 0.6 is 0 Å². The van der Waals surface area contributed by atoms with Crippen molar-refractivity contribution in [2.24, 2.45) is 0 Å². The van der Waals surface area contributed by atoms with Gasteiger partial charge in [0.15, 0.2) is 0 Å². The first-order valence-electron chi connectivity index (χ1n) is 9.17. The monoisotopic (exact) mass is 330 g/mol. The van der Waals surface area contributed by atoms with Gasteiger partial charge in [-0.3, -0.25) is 0 Å². The van der Waals surface area contributed by atoms with Gasteiger partial charge in [0.25, 0.3) is 0 Å². The van der Waals surface area contributed by atoms with Gasteiger partial charge in [-0.25, -0.2) is 0 Å². The van der Waals surface area contributed by atoms with E-state index in [9.17, 15) is 0 Å². The first kappa shape index (κ1) is 16.2. The Labute approximate surface area is 149 Å². The summed E-state index contributed by atoms with van der Waals surface area (Å²) in [6.45, 7) is 13.7. The fourth-order valence-electron chi connectivity index (χ4n) is 4.27. The summed E-state index contributed by atoms with van der Waals surface area (Å²) in [5.41, 5.74) is 6.30. The quantitative estimate of drug-likeness (QED) is 0.353. The summed E-state index contributed by atoms with van der Waals surface area (Å²) in [6, 6.07) is 15.3. The molecule has 0 unspecified atom stereocenters. The molecule has 0 bridgehead atoms. The Hall–Kier alpha value is -2.28. The molecule has 128 valence electrons. The van der Waals surface area contributed by atoms with Gasteiger partial charge in [-0.1, -0.05) is 65.0 Å². The summed E-state index contributed by atoms with van der Waals surface area (Å²) in [5.74, 6) is 0.489. The van der Waals surface area contributed by atoms with E-state index in [0.717, 1.165) is 11.2 Å². The number of benzene rings is 3. The van der Waals surface area contributed by atoms with Crippen LogP contribution in [0.2, 0.25) is 0 Å². The molecule has 0 aliphatic carbocycles. The van der Waals surface area contributed by atoms with Crippen LogP contribution in [-0.4, -0.2) is 0 Å². The van der Waals surface area contributed by atoms with Crippen molar-refractivity contribution in [3.63, 3.8) is 0 Å². The lowest BCUT2D eigenvalue weighted by Gasteiger charge is -2.27. The number of hydrogen-bond acceptors (Lipinski definition) is 1. The van der Waals surface area contributed by atoms with E-state index in [4.69, 9.17) is 4.42 Å². The molecular formula is C24H26O. The minimum Gasteiger partial charge on any atom is -0.455 e. The average Bonchev–Trinajstić information content (AvgIpc) is 2.93. The number of furan rings is 1. The van der Waals surface area contributed by atoms with Gasteiger partial charge in [-0.15, -0.1) is 0 Å². The van der Waals surface area contributed by atoms with Crippen molar-refractivity contribution in [1.29, 1.82) is 0 Å². The van der Waals surface area contributed by atoms with Crippen molar-refractivity contribution in [1.82, 2.24) is 0 Å². The van der Waals surface area contributed by atoms with E-state index < -0.39 is 0 Å². The van der Waals surface area contributed by atoms with E-state index in [-0.39, 0.29) is 5.41 Å². The second-order valence-electron chi connectivity index (χ2n) is 8.51. The van der Waals surface area contributed by atoms with E-state index in [1.165, 1.54) is 38.2 Å². The summed E-state index contributed by atoms with van der Waals surface area (Å²) >= 11 is 0. The number of hydrogen-bond donors (Lipinski definition) is 0. The van der Waals surface area contributed by atoms with Gasteiger partial charge >= 0.3 is 0 Å². The Kier molecular flexibility index (Phi) is 3.47. The Morgan fingerprint density at radius 2 is 1.56 bits per heavy atom. The molecule has 0 saturated heterocycles. The van der Waals surface area contributed by atoms with Crippen molar-refractivity contribution in [3.05, 3.63) is 59.2 Å². The normalized spacial score (nSPS) is 12.8. The second-order valence-corrected chi connectivity index (χ2v) is 8.51. The Bertz CT molecular complexity index is 1100. The molecule has 0 saturated carbocycles. The number of fused-ring (bicyclic) bond motifs is 5. The van der Waals surface area contributed by atoms with Crippen LogP contribution in [0.4, 0.5) is 0 Å². The zero-order chi connectivity index (χ0) is 17.9. The maximum atomic E-state index is 6.47. The molecule has 0 atom stereocenters. The summed E-state index contributed by atoms with van der Waals surface area (Å²) in [5, 5.41) is 4.89. The molecular weight excluding hydrogens is 304 g/mol. The molecule has 25 heavy (non-hydrogen) atoms. The molecule has 0 N–H and O–H groups in total. The van der Waals surface area contributed by atoms with E-state index in [1.807, 2.05) is 0 Å². The van der Waals surface area contributed by atoms with Crippen LogP contribution < -0.4 is 0 Å². The van der Waals surface area contributed by atoms with Gasteiger partial charge in [0, 0.05) is 16.2 Å². The summed E-state index contributed by atoms with van der Waals surface area (Å²) < 4.78 is 6.47. The highest BCUT2D eigenvalue weighted by molar-refractivity contribution is 6.15. The fourth-order valence-corrected chi connectivity index (χ4v) is 4.27. The van der Waals surface area contributed by atoms with E-state index >= 15 is 0 Å². The number of rotatable bonds is 1. The van der Waals surface area contributed by atoms with Gasteiger partial charge in [0.05, 0.1) is 0 Å². The summed E-state index contributed by atoms with van der Waals surface area (Å²) in [7, 11) is 0. The molecule has 0 spiro atoms.